The Bertz CT molecular complexity index is 578. The SMILES string of the molecule is CCP(=O)(CC)CCC1C(C#N)=Nc2ccccc21. The van der Waals surface area contributed by atoms with Crippen LogP contribution in [0.3, 0.4) is 0 Å². The molecule has 0 fully saturated rings. The summed E-state index contributed by atoms with van der Waals surface area (Å²) in [5.41, 5.74) is 2.57. The molecule has 0 radical (unpaired) electrons. The molecule has 2 rings (SSSR count). The van der Waals surface area contributed by atoms with Gasteiger partial charge in [0.2, 0.25) is 0 Å². The van der Waals surface area contributed by atoms with E-state index >= 15 is 0 Å². The number of fused-ring (bicyclic) bond motifs is 1. The molecule has 0 saturated heterocycles. The zero-order chi connectivity index (χ0) is 13.9. The van der Waals surface area contributed by atoms with Gasteiger partial charge in [0.05, 0.1) is 12.8 Å². The highest BCUT2D eigenvalue weighted by molar-refractivity contribution is 7.63. The van der Waals surface area contributed by atoms with Gasteiger partial charge in [-0.3, -0.25) is 0 Å². The summed E-state index contributed by atoms with van der Waals surface area (Å²) in [4.78, 5) is 4.37. The Morgan fingerprint density at radius 3 is 2.63 bits per heavy atom. The average Bonchev–Trinajstić information content (AvgIpc) is 2.82. The fourth-order valence-electron chi connectivity index (χ4n) is 2.54. The van der Waals surface area contributed by atoms with E-state index in [1.54, 1.807) is 0 Å². The number of aliphatic imine (C=N–C) groups is 1. The summed E-state index contributed by atoms with van der Waals surface area (Å²) in [5, 5.41) is 9.20. The first-order chi connectivity index (χ1) is 9.13. The normalized spacial score (nSPS) is 17.7. The minimum absolute atomic E-state index is 0.0348. The molecule has 1 aromatic carbocycles. The van der Waals surface area contributed by atoms with E-state index in [1.807, 2.05) is 38.1 Å². The smallest absolute Gasteiger partial charge is 0.125 e. The number of rotatable bonds is 5. The van der Waals surface area contributed by atoms with E-state index < -0.39 is 7.14 Å². The van der Waals surface area contributed by atoms with Gasteiger partial charge in [-0.05, 0) is 30.4 Å². The number of benzene rings is 1. The van der Waals surface area contributed by atoms with E-state index in [0.29, 0.717) is 11.9 Å². The Morgan fingerprint density at radius 2 is 2.00 bits per heavy atom. The highest BCUT2D eigenvalue weighted by Crippen LogP contribution is 2.48. The maximum atomic E-state index is 12.5. The third-order valence-corrected chi connectivity index (χ3v) is 7.35. The molecule has 0 N–H and O–H groups in total. The van der Waals surface area contributed by atoms with Crippen LogP contribution >= 0.6 is 7.14 Å². The van der Waals surface area contributed by atoms with Crippen molar-refractivity contribution < 1.29 is 4.57 Å². The minimum Gasteiger partial charge on any atom is -0.324 e. The largest absolute Gasteiger partial charge is 0.324 e. The molecule has 0 aliphatic carbocycles. The van der Waals surface area contributed by atoms with Crippen molar-refractivity contribution in [3.63, 3.8) is 0 Å². The lowest BCUT2D eigenvalue weighted by atomic mass is 9.94. The van der Waals surface area contributed by atoms with Crippen LogP contribution in [0.15, 0.2) is 29.3 Å². The minimum atomic E-state index is -2.05. The Balaban J connectivity index is 2.19. The third kappa shape index (κ3) is 2.80. The van der Waals surface area contributed by atoms with E-state index in [9.17, 15) is 9.83 Å². The second kappa shape index (κ2) is 5.72. The lowest BCUT2D eigenvalue weighted by Gasteiger charge is -2.17. The van der Waals surface area contributed by atoms with Gasteiger partial charge < -0.3 is 4.57 Å². The van der Waals surface area contributed by atoms with Gasteiger partial charge in [0.1, 0.15) is 11.8 Å². The number of para-hydroxylation sites is 1. The number of hydrogen-bond acceptors (Lipinski definition) is 3. The molecule has 100 valence electrons. The standard InChI is InChI=1S/C15H19N2OP/c1-3-19(18,4-2)10-9-13-12-7-5-6-8-14(12)17-15(13)11-16/h5-8,13H,3-4,9-10H2,1-2H3. The molecule has 3 nitrogen and oxygen atoms in total. The number of nitrogens with zero attached hydrogens (tertiary/aromatic N) is 2. The summed E-state index contributed by atoms with van der Waals surface area (Å²) in [5.74, 6) is 0.0348. The van der Waals surface area contributed by atoms with Crippen molar-refractivity contribution >= 4 is 18.5 Å². The molecule has 0 aromatic heterocycles. The van der Waals surface area contributed by atoms with Gasteiger partial charge in [0, 0.05) is 12.1 Å². The molecule has 1 unspecified atom stereocenters. The molecule has 1 atom stereocenters. The number of hydrogen-bond donors (Lipinski definition) is 0. The fraction of sp³-hybridized carbons (Fsp3) is 0.467. The summed E-state index contributed by atoms with van der Waals surface area (Å²) in [7, 11) is -2.05. The third-order valence-electron chi connectivity index (χ3n) is 3.98. The van der Waals surface area contributed by atoms with Crippen molar-refractivity contribution in [2.24, 2.45) is 4.99 Å². The van der Waals surface area contributed by atoms with Crippen LogP contribution in [0.2, 0.25) is 0 Å². The van der Waals surface area contributed by atoms with Crippen LogP contribution in [0.4, 0.5) is 5.69 Å². The quantitative estimate of drug-likeness (QED) is 0.756. The lowest BCUT2D eigenvalue weighted by Crippen LogP contribution is -2.09. The van der Waals surface area contributed by atoms with E-state index in [0.717, 1.165) is 30.0 Å². The average molecular weight is 274 g/mol. The van der Waals surface area contributed by atoms with Crippen LogP contribution in [0.25, 0.3) is 0 Å². The van der Waals surface area contributed by atoms with Crippen molar-refractivity contribution in [3.8, 4) is 6.07 Å². The summed E-state index contributed by atoms with van der Waals surface area (Å²) < 4.78 is 12.5. The molecule has 1 aliphatic heterocycles. The Kier molecular flexibility index (Phi) is 4.22. The molecule has 0 bridgehead atoms. The van der Waals surface area contributed by atoms with Gasteiger partial charge in [-0.2, -0.15) is 5.26 Å². The summed E-state index contributed by atoms with van der Waals surface area (Å²) in [6.45, 7) is 3.98. The van der Waals surface area contributed by atoms with Crippen molar-refractivity contribution in [2.75, 3.05) is 18.5 Å². The Labute approximate surface area is 114 Å². The van der Waals surface area contributed by atoms with Crippen molar-refractivity contribution in [1.29, 1.82) is 5.26 Å². The second-order valence-corrected chi connectivity index (χ2v) is 8.75. The molecular formula is C15H19N2OP. The Morgan fingerprint density at radius 1 is 1.32 bits per heavy atom. The molecule has 0 saturated carbocycles. The second-order valence-electron chi connectivity index (χ2n) is 4.92. The molecule has 0 spiro atoms. The van der Waals surface area contributed by atoms with Crippen molar-refractivity contribution in [3.05, 3.63) is 29.8 Å². The van der Waals surface area contributed by atoms with Gasteiger partial charge in [0.15, 0.2) is 0 Å². The van der Waals surface area contributed by atoms with Gasteiger partial charge in [-0.15, -0.1) is 0 Å². The first-order valence-corrected chi connectivity index (χ1v) is 9.04. The van der Waals surface area contributed by atoms with Crippen LogP contribution in [0.1, 0.15) is 31.7 Å². The van der Waals surface area contributed by atoms with Crippen LogP contribution in [-0.4, -0.2) is 24.2 Å². The number of nitriles is 1. The highest BCUT2D eigenvalue weighted by Gasteiger charge is 2.29. The topological polar surface area (TPSA) is 53.2 Å². The first-order valence-electron chi connectivity index (χ1n) is 6.78. The molecule has 1 heterocycles. The van der Waals surface area contributed by atoms with Crippen LogP contribution < -0.4 is 0 Å². The molecule has 4 heteroatoms. The zero-order valence-electron chi connectivity index (χ0n) is 11.5. The van der Waals surface area contributed by atoms with E-state index in [4.69, 9.17) is 0 Å². The monoisotopic (exact) mass is 274 g/mol. The van der Waals surface area contributed by atoms with Crippen molar-refractivity contribution in [2.45, 2.75) is 26.2 Å². The van der Waals surface area contributed by atoms with E-state index in [1.165, 1.54) is 0 Å². The van der Waals surface area contributed by atoms with Crippen LogP contribution in [0, 0.1) is 11.3 Å². The lowest BCUT2D eigenvalue weighted by molar-refractivity contribution is 0.573. The fourth-order valence-corrected chi connectivity index (χ4v) is 4.35. The summed E-state index contributed by atoms with van der Waals surface area (Å²) >= 11 is 0. The highest BCUT2D eigenvalue weighted by atomic mass is 31.2. The van der Waals surface area contributed by atoms with E-state index in [-0.39, 0.29) is 5.92 Å². The molecule has 1 aromatic rings. The summed E-state index contributed by atoms with van der Waals surface area (Å²) in [6, 6.07) is 10.1. The predicted molar refractivity (Wildman–Crippen MR) is 80.1 cm³/mol. The van der Waals surface area contributed by atoms with Crippen LogP contribution in [-0.2, 0) is 4.57 Å². The summed E-state index contributed by atoms with van der Waals surface area (Å²) in [6.07, 6.45) is 2.97. The van der Waals surface area contributed by atoms with Crippen molar-refractivity contribution in [1.82, 2.24) is 0 Å². The molecule has 0 amide bonds. The first kappa shape index (κ1) is 14.0. The van der Waals surface area contributed by atoms with Gasteiger partial charge in [-0.25, -0.2) is 4.99 Å². The van der Waals surface area contributed by atoms with Gasteiger partial charge >= 0.3 is 0 Å². The maximum Gasteiger partial charge on any atom is 0.125 e. The maximum absolute atomic E-state index is 12.5. The van der Waals surface area contributed by atoms with E-state index in [2.05, 4.69) is 11.1 Å². The van der Waals surface area contributed by atoms with Crippen LogP contribution in [0.5, 0.6) is 0 Å². The van der Waals surface area contributed by atoms with Gasteiger partial charge in [-0.1, -0.05) is 32.0 Å². The molecule has 19 heavy (non-hydrogen) atoms. The predicted octanol–water partition coefficient (Wildman–Crippen LogP) is 4.17. The zero-order valence-corrected chi connectivity index (χ0v) is 12.4. The van der Waals surface area contributed by atoms with Gasteiger partial charge in [0.25, 0.3) is 0 Å². The Hall–Kier alpha value is -1.39. The molecule has 1 aliphatic rings. The molecular weight excluding hydrogens is 255 g/mol.